The molecule has 1 heterocycles. The van der Waals surface area contributed by atoms with Crippen molar-refractivity contribution in [1.82, 2.24) is 4.90 Å². The standard InChI is InChI=1S/C20H24N2O4S/c1-21(20(23)17-8-4-6-10-19(17)27(2,24)25)15-16-7-3-5-9-18(16)22-11-13-26-14-12-22/h3-10H,11-15H2,1-2H3. The number of anilines is 1. The van der Waals surface area contributed by atoms with Gasteiger partial charge in [-0.05, 0) is 23.8 Å². The fraction of sp³-hybridized carbons (Fsp3) is 0.350. The van der Waals surface area contributed by atoms with Crippen LogP contribution in [0, 0.1) is 0 Å². The summed E-state index contributed by atoms with van der Waals surface area (Å²) in [5, 5.41) is 0. The lowest BCUT2D eigenvalue weighted by Gasteiger charge is -2.31. The largest absolute Gasteiger partial charge is 0.378 e. The molecule has 1 aliphatic rings. The molecule has 0 radical (unpaired) electrons. The second kappa shape index (κ2) is 8.10. The topological polar surface area (TPSA) is 66.9 Å². The van der Waals surface area contributed by atoms with Crippen molar-refractivity contribution in [1.29, 1.82) is 0 Å². The van der Waals surface area contributed by atoms with E-state index in [1.165, 1.54) is 6.07 Å². The summed E-state index contributed by atoms with van der Waals surface area (Å²) in [5.41, 5.74) is 2.30. The number of amides is 1. The molecule has 6 nitrogen and oxygen atoms in total. The quantitative estimate of drug-likeness (QED) is 0.786. The van der Waals surface area contributed by atoms with Crippen LogP contribution in [0.25, 0.3) is 0 Å². The molecule has 0 aromatic heterocycles. The fourth-order valence-electron chi connectivity index (χ4n) is 3.26. The van der Waals surface area contributed by atoms with Gasteiger partial charge in [0.15, 0.2) is 9.84 Å². The second-order valence-corrected chi connectivity index (χ2v) is 8.64. The number of carbonyl (C=O) groups is 1. The number of sulfone groups is 1. The number of para-hydroxylation sites is 1. The maximum atomic E-state index is 12.9. The third-order valence-electron chi connectivity index (χ3n) is 4.61. The van der Waals surface area contributed by atoms with Gasteiger partial charge in [-0.15, -0.1) is 0 Å². The van der Waals surface area contributed by atoms with Crippen molar-refractivity contribution in [2.45, 2.75) is 11.4 Å². The number of nitrogens with zero attached hydrogens (tertiary/aromatic N) is 2. The first-order valence-electron chi connectivity index (χ1n) is 8.83. The van der Waals surface area contributed by atoms with E-state index in [-0.39, 0.29) is 16.4 Å². The van der Waals surface area contributed by atoms with Gasteiger partial charge in [-0.1, -0.05) is 30.3 Å². The minimum Gasteiger partial charge on any atom is -0.378 e. The van der Waals surface area contributed by atoms with Crippen LogP contribution in [-0.2, 0) is 21.1 Å². The van der Waals surface area contributed by atoms with E-state index in [4.69, 9.17) is 4.74 Å². The minimum absolute atomic E-state index is 0.0586. The van der Waals surface area contributed by atoms with Gasteiger partial charge in [0, 0.05) is 38.6 Å². The summed E-state index contributed by atoms with van der Waals surface area (Å²) in [6.45, 7) is 3.39. The summed E-state index contributed by atoms with van der Waals surface area (Å²) in [6.07, 6.45) is 1.12. The first-order chi connectivity index (χ1) is 12.9. The van der Waals surface area contributed by atoms with Crippen molar-refractivity contribution in [3.05, 3.63) is 59.7 Å². The van der Waals surface area contributed by atoms with Crippen molar-refractivity contribution in [2.24, 2.45) is 0 Å². The molecule has 7 heteroatoms. The number of hydrogen-bond donors (Lipinski definition) is 0. The van der Waals surface area contributed by atoms with Crippen LogP contribution in [0.2, 0.25) is 0 Å². The van der Waals surface area contributed by atoms with Crippen LogP contribution >= 0.6 is 0 Å². The summed E-state index contributed by atoms with van der Waals surface area (Å²) < 4.78 is 29.4. The Hall–Kier alpha value is -2.38. The molecule has 0 atom stereocenters. The Morgan fingerprint density at radius 3 is 2.41 bits per heavy atom. The summed E-state index contributed by atoms with van der Waals surface area (Å²) >= 11 is 0. The summed E-state index contributed by atoms with van der Waals surface area (Å²) in [5.74, 6) is -0.312. The third kappa shape index (κ3) is 4.48. The molecule has 2 aromatic rings. The van der Waals surface area contributed by atoms with Crippen molar-refractivity contribution in [3.8, 4) is 0 Å². The summed E-state index contributed by atoms with van der Waals surface area (Å²) in [7, 11) is -1.79. The highest BCUT2D eigenvalue weighted by Gasteiger charge is 2.22. The average molecular weight is 388 g/mol. The molecule has 0 spiro atoms. The van der Waals surface area contributed by atoms with Gasteiger partial charge in [0.2, 0.25) is 0 Å². The van der Waals surface area contributed by atoms with Crippen LogP contribution in [0.5, 0.6) is 0 Å². The number of hydrogen-bond acceptors (Lipinski definition) is 5. The zero-order chi connectivity index (χ0) is 19.4. The van der Waals surface area contributed by atoms with E-state index in [9.17, 15) is 13.2 Å². The van der Waals surface area contributed by atoms with Gasteiger partial charge in [-0.3, -0.25) is 4.79 Å². The molecule has 27 heavy (non-hydrogen) atoms. The molecule has 1 aliphatic heterocycles. The van der Waals surface area contributed by atoms with E-state index in [2.05, 4.69) is 4.90 Å². The predicted octanol–water partition coefficient (Wildman–Crippen LogP) is 2.20. The van der Waals surface area contributed by atoms with E-state index in [1.807, 2.05) is 24.3 Å². The highest BCUT2D eigenvalue weighted by atomic mass is 32.2. The lowest BCUT2D eigenvalue weighted by atomic mass is 10.1. The molecule has 0 bridgehead atoms. The van der Waals surface area contributed by atoms with Crippen molar-refractivity contribution >= 4 is 21.4 Å². The van der Waals surface area contributed by atoms with E-state index >= 15 is 0 Å². The highest BCUT2D eigenvalue weighted by molar-refractivity contribution is 7.90. The first-order valence-corrected chi connectivity index (χ1v) is 10.7. The maximum absolute atomic E-state index is 12.9. The van der Waals surface area contributed by atoms with Crippen molar-refractivity contribution in [2.75, 3.05) is 44.5 Å². The minimum atomic E-state index is -3.48. The molecule has 1 amide bonds. The molecule has 3 rings (SSSR count). The van der Waals surface area contributed by atoms with Crippen LogP contribution in [0.3, 0.4) is 0 Å². The van der Waals surface area contributed by atoms with Crippen molar-refractivity contribution < 1.29 is 17.9 Å². The Bertz CT molecular complexity index is 921. The number of ether oxygens (including phenoxy) is 1. The first kappa shape index (κ1) is 19.4. The lowest BCUT2D eigenvalue weighted by molar-refractivity contribution is 0.0781. The van der Waals surface area contributed by atoms with Crippen LogP contribution in [0.4, 0.5) is 5.69 Å². The van der Waals surface area contributed by atoms with Gasteiger partial charge >= 0.3 is 0 Å². The molecule has 0 saturated carbocycles. The number of benzene rings is 2. The Balaban J connectivity index is 1.85. The molecule has 2 aromatic carbocycles. The smallest absolute Gasteiger partial charge is 0.255 e. The van der Waals surface area contributed by atoms with Crippen LogP contribution < -0.4 is 4.90 Å². The van der Waals surface area contributed by atoms with E-state index < -0.39 is 9.84 Å². The van der Waals surface area contributed by atoms with Gasteiger partial charge in [0.1, 0.15) is 0 Å². The van der Waals surface area contributed by atoms with Crippen molar-refractivity contribution in [3.63, 3.8) is 0 Å². The van der Waals surface area contributed by atoms with Gasteiger partial charge in [0.25, 0.3) is 5.91 Å². The molecule has 144 valence electrons. The SMILES string of the molecule is CN(Cc1ccccc1N1CCOCC1)C(=O)c1ccccc1S(C)(=O)=O. The Morgan fingerprint density at radius 2 is 1.70 bits per heavy atom. The van der Waals surface area contributed by atoms with Crippen LogP contribution in [0.1, 0.15) is 15.9 Å². The summed E-state index contributed by atoms with van der Waals surface area (Å²) in [4.78, 5) is 16.8. The lowest BCUT2D eigenvalue weighted by Crippen LogP contribution is -2.37. The third-order valence-corrected chi connectivity index (χ3v) is 5.77. The number of morpholine rings is 1. The molecule has 1 fully saturated rings. The molecule has 0 unspecified atom stereocenters. The fourth-order valence-corrected chi connectivity index (χ4v) is 4.14. The molecule has 0 aliphatic carbocycles. The van der Waals surface area contributed by atoms with Gasteiger partial charge in [0.05, 0.1) is 23.7 Å². The van der Waals surface area contributed by atoms with Gasteiger partial charge in [-0.25, -0.2) is 8.42 Å². The molecular formula is C20H24N2O4S. The Morgan fingerprint density at radius 1 is 1.07 bits per heavy atom. The van der Waals surface area contributed by atoms with E-state index in [1.54, 1.807) is 30.1 Å². The highest BCUT2D eigenvalue weighted by Crippen LogP contribution is 2.24. The number of rotatable bonds is 5. The molecular weight excluding hydrogens is 364 g/mol. The Kier molecular flexibility index (Phi) is 5.82. The monoisotopic (exact) mass is 388 g/mol. The van der Waals surface area contributed by atoms with Gasteiger partial charge < -0.3 is 14.5 Å². The number of carbonyl (C=O) groups excluding carboxylic acids is 1. The zero-order valence-corrected chi connectivity index (χ0v) is 16.4. The van der Waals surface area contributed by atoms with Gasteiger partial charge in [-0.2, -0.15) is 0 Å². The molecule has 1 saturated heterocycles. The predicted molar refractivity (Wildman–Crippen MR) is 105 cm³/mol. The van der Waals surface area contributed by atoms with Crippen LogP contribution in [0.15, 0.2) is 53.4 Å². The average Bonchev–Trinajstić information content (AvgIpc) is 2.68. The molecule has 0 N–H and O–H groups in total. The zero-order valence-electron chi connectivity index (χ0n) is 15.6. The van der Waals surface area contributed by atoms with Crippen LogP contribution in [-0.4, -0.2) is 58.8 Å². The summed E-state index contributed by atoms with van der Waals surface area (Å²) in [6, 6.07) is 14.3. The normalized spacial score (nSPS) is 14.8. The van der Waals surface area contributed by atoms with E-state index in [0.717, 1.165) is 30.6 Å². The second-order valence-electron chi connectivity index (χ2n) is 6.66. The maximum Gasteiger partial charge on any atom is 0.255 e. The Labute approximate surface area is 160 Å². The van der Waals surface area contributed by atoms with E-state index in [0.29, 0.717) is 19.8 Å².